The molecular formula is C14H18FN3O3S. The van der Waals surface area contributed by atoms with Gasteiger partial charge in [0, 0.05) is 13.6 Å². The molecule has 0 saturated carbocycles. The average Bonchev–Trinajstić information content (AvgIpc) is 2.87. The van der Waals surface area contributed by atoms with E-state index in [1.165, 1.54) is 50.0 Å². The van der Waals surface area contributed by atoms with Gasteiger partial charge in [-0.25, -0.2) is 17.5 Å². The lowest BCUT2D eigenvalue weighted by atomic mass is 10.1. The molecule has 1 N–H and O–H groups in total. The van der Waals surface area contributed by atoms with Crippen molar-refractivity contribution in [1.82, 2.24) is 14.1 Å². The molecular weight excluding hydrogens is 309 g/mol. The Morgan fingerprint density at radius 1 is 1.36 bits per heavy atom. The van der Waals surface area contributed by atoms with Gasteiger partial charge < -0.3 is 5.11 Å². The maximum Gasteiger partial charge on any atom is 0.246 e. The number of halogens is 1. The van der Waals surface area contributed by atoms with Crippen molar-refractivity contribution in [3.63, 3.8) is 0 Å². The molecule has 1 aromatic carbocycles. The zero-order valence-electron chi connectivity index (χ0n) is 12.6. The summed E-state index contributed by atoms with van der Waals surface area (Å²) in [6.07, 6.45) is 2.40. The highest BCUT2D eigenvalue weighted by Gasteiger charge is 2.27. The number of sulfonamides is 1. The zero-order chi connectivity index (χ0) is 16.5. The summed E-state index contributed by atoms with van der Waals surface area (Å²) in [6.45, 7) is 2.96. The number of hydrogen-bond acceptors (Lipinski definition) is 4. The number of para-hydroxylation sites is 1. The van der Waals surface area contributed by atoms with E-state index >= 15 is 0 Å². The van der Waals surface area contributed by atoms with Gasteiger partial charge in [-0.3, -0.25) is 0 Å². The fourth-order valence-corrected chi connectivity index (χ4v) is 3.28. The third-order valence-corrected chi connectivity index (χ3v) is 4.73. The van der Waals surface area contributed by atoms with Crippen molar-refractivity contribution < 1.29 is 17.9 Å². The topological polar surface area (TPSA) is 75.4 Å². The smallest absolute Gasteiger partial charge is 0.246 e. The van der Waals surface area contributed by atoms with Crippen LogP contribution in [0.15, 0.2) is 41.6 Å². The highest BCUT2D eigenvalue weighted by Crippen LogP contribution is 2.19. The molecule has 120 valence electrons. The lowest BCUT2D eigenvalue weighted by Gasteiger charge is -2.24. The van der Waals surface area contributed by atoms with E-state index in [-0.39, 0.29) is 17.1 Å². The number of likely N-dealkylation sites (N-methyl/N-ethyl adjacent to an activating group) is 1. The summed E-state index contributed by atoms with van der Waals surface area (Å²) >= 11 is 0. The van der Waals surface area contributed by atoms with Gasteiger partial charge in [-0.2, -0.15) is 9.40 Å². The van der Waals surface area contributed by atoms with Crippen LogP contribution in [0.3, 0.4) is 0 Å². The molecule has 0 amide bonds. The first-order valence-corrected chi connectivity index (χ1v) is 8.03. The van der Waals surface area contributed by atoms with Gasteiger partial charge in [0.1, 0.15) is 16.4 Å². The summed E-state index contributed by atoms with van der Waals surface area (Å²) < 4.78 is 40.7. The first-order chi connectivity index (χ1) is 10.1. The number of hydrogen-bond donors (Lipinski definition) is 1. The van der Waals surface area contributed by atoms with Crippen LogP contribution in [0.2, 0.25) is 0 Å². The molecule has 0 atom stereocenters. The second kappa shape index (κ2) is 5.79. The van der Waals surface area contributed by atoms with Crippen LogP contribution in [0.4, 0.5) is 4.39 Å². The Hall–Kier alpha value is -1.77. The molecule has 6 nitrogen and oxygen atoms in total. The Morgan fingerprint density at radius 2 is 2.00 bits per heavy atom. The van der Waals surface area contributed by atoms with Gasteiger partial charge in [0.2, 0.25) is 10.0 Å². The van der Waals surface area contributed by atoms with Crippen molar-refractivity contribution in [1.29, 1.82) is 0 Å². The van der Waals surface area contributed by atoms with Crippen LogP contribution in [0.1, 0.15) is 13.8 Å². The molecule has 0 aliphatic carbocycles. The second-order valence-corrected chi connectivity index (χ2v) is 7.69. The van der Waals surface area contributed by atoms with Gasteiger partial charge >= 0.3 is 0 Å². The maximum absolute atomic E-state index is 13.7. The van der Waals surface area contributed by atoms with Crippen LogP contribution in [0, 0.1) is 5.82 Å². The van der Waals surface area contributed by atoms with Crippen LogP contribution in [-0.2, 0) is 10.0 Å². The van der Waals surface area contributed by atoms with Crippen molar-refractivity contribution in [2.75, 3.05) is 13.6 Å². The summed E-state index contributed by atoms with van der Waals surface area (Å²) in [5, 5.41) is 13.6. The van der Waals surface area contributed by atoms with Crippen LogP contribution in [0.25, 0.3) is 5.69 Å². The Kier molecular flexibility index (Phi) is 4.37. The molecule has 0 saturated heterocycles. The predicted molar refractivity (Wildman–Crippen MR) is 79.6 cm³/mol. The minimum atomic E-state index is -3.80. The first kappa shape index (κ1) is 16.6. The summed E-state index contributed by atoms with van der Waals surface area (Å²) in [5.74, 6) is -0.501. The van der Waals surface area contributed by atoms with E-state index in [1.807, 2.05) is 0 Å². The molecule has 0 bridgehead atoms. The zero-order valence-corrected chi connectivity index (χ0v) is 13.4. The number of aromatic nitrogens is 2. The number of nitrogens with zero attached hydrogens (tertiary/aromatic N) is 3. The Labute approximate surface area is 128 Å². The second-order valence-electron chi connectivity index (χ2n) is 5.65. The van der Waals surface area contributed by atoms with Crippen LogP contribution < -0.4 is 0 Å². The largest absolute Gasteiger partial charge is 0.389 e. The van der Waals surface area contributed by atoms with E-state index in [1.54, 1.807) is 6.07 Å². The predicted octanol–water partition coefficient (Wildman–Crippen LogP) is 1.40. The minimum Gasteiger partial charge on any atom is -0.389 e. The molecule has 2 aromatic rings. The van der Waals surface area contributed by atoms with Crippen molar-refractivity contribution >= 4 is 10.0 Å². The van der Waals surface area contributed by atoms with Gasteiger partial charge in [-0.15, -0.1) is 0 Å². The van der Waals surface area contributed by atoms with Gasteiger partial charge in [0.25, 0.3) is 0 Å². The molecule has 8 heteroatoms. The summed E-state index contributed by atoms with van der Waals surface area (Å²) in [7, 11) is -2.44. The molecule has 0 aliphatic heterocycles. The molecule has 0 spiro atoms. The van der Waals surface area contributed by atoms with E-state index in [0.29, 0.717) is 0 Å². The number of aliphatic hydroxyl groups is 1. The van der Waals surface area contributed by atoms with Crippen LogP contribution in [0.5, 0.6) is 0 Å². The van der Waals surface area contributed by atoms with Gasteiger partial charge in [0.15, 0.2) is 0 Å². The fourth-order valence-electron chi connectivity index (χ4n) is 2.02. The van der Waals surface area contributed by atoms with E-state index in [4.69, 9.17) is 0 Å². The van der Waals surface area contributed by atoms with Crippen LogP contribution >= 0.6 is 0 Å². The SMILES string of the molecule is CN(CC(C)(C)O)S(=O)(=O)c1cnn(-c2ccccc2F)c1. The van der Waals surface area contributed by atoms with Gasteiger partial charge in [-0.1, -0.05) is 12.1 Å². The van der Waals surface area contributed by atoms with Crippen molar-refractivity contribution in [3.05, 3.63) is 42.5 Å². The summed E-state index contributed by atoms with van der Waals surface area (Å²) in [6, 6.07) is 5.94. The van der Waals surface area contributed by atoms with Crippen molar-refractivity contribution in [2.45, 2.75) is 24.3 Å². The van der Waals surface area contributed by atoms with E-state index in [9.17, 15) is 17.9 Å². The van der Waals surface area contributed by atoms with Gasteiger partial charge in [-0.05, 0) is 26.0 Å². The quantitative estimate of drug-likeness (QED) is 0.901. The number of rotatable bonds is 5. The third kappa shape index (κ3) is 3.52. The molecule has 1 heterocycles. The third-order valence-electron chi connectivity index (χ3n) is 2.98. The molecule has 22 heavy (non-hydrogen) atoms. The molecule has 0 aliphatic rings. The maximum atomic E-state index is 13.7. The normalized spacial score (nSPS) is 12.8. The summed E-state index contributed by atoms with van der Waals surface area (Å²) in [5.41, 5.74) is -1.00. The van der Waals surface area contributed by atoms with Crippen LogP contribution in [-0.4, -0.2) is 46.8 Å². The lowest BCUT2D eigenvalue weighted by Crippen LogP contribution is -2.39. The summed E-state index contributed by atoms with van der Waals surface area (Å²) in [4.78, 5) is -0.0671. The van der Waals surface area contributed by atoms with Gasteiger partial charge in [0.05, 0.1) is 18.0 Å². The molecule has 1 aromatic heterocycles. The molecule has 0 unspecified atom stereocenters. The number of benzene rings is 1. The van der Waals surface area contributed by atoms with E-state index in [2.05, 4.69) is 5.10 Å². The Morgan fingerprint density at radius 3 is 2.59 bits per heavy atom. The Balaban J connectivity index is 2.33. The molecule has 0 radical (unpaired) electrons. The molecule has 0 fully saturated rings. The van der Waals surface area contributed by atoms with E-state index in [0.717, 1.165) is 10.5 Å². The minimum absolute atomic E-state index is 0.0671. The standard InChI is InChI=1S/C14H18FN3O3S/c1-14(2,19)10-17(3)22(20,21)11-8-16-18(9-11)13-7-5-4-6-12(13)15/h4-9,19H,10H2,1-3H3. The van der Waals surface area contributed by atoms with Crippen molar-refractivity contribution in [3.8, 4) is 5.69 Å². The highest BCUT2D eigenvalue weighted by molar-refractivity contribution is 7.89. The highest BCUT2D eigenvalue weighted by atomic mass is 32.2. The lowest BCUT2D eigenvalue weighted by molar-refractivity contribution is 0.0640. The molecule has 2 rings (SSSR count). The first-order valence-electron chi connectivity index (χ1n) is 6.59. The monoisotopic (exact) mass is 327 g/mol. The Bertz CT molecular complexity index is 766. The van der Waals surface area contributed by atoms with E-state index < -0.39 is 21.4 Å². The van der Waals surface area contributed by atoms with Crippen molar-refractivity contribution in [2.24, 2.45) is 0 Å². The average molecular weight is 327 g/mol. The fraction of sp³-hybridized carbons (Fsp3) is 0.357.